The quantitative estimate of drug-likeness (QED) is 0.590. The summed E-state index contributed by atoms with van der Waals surface area (Å²) in [7, 11) is -3.70. The average Bonchev–Trinajstić information content (AvgIpc) is 2.37. The highest BCUT2D eigenvalue weighted by molar-refractivity contribution is 7.86. The molecular weight excluding hydrogens is 250 g/mol. The van der Waals surface area contributed by atoms with Gasteiger partial charge in [-0.25, -0.2) is 0 Å². The van der Waals surface area contributed by atoms with E-state index in [0.717, 1.165) is 5.56 Å². The fraction of sp³-hybridized carbons (Fsp3) is 0.538. The molecule has 0 radical (unpaired) electrons. The van der Waals surface area contributed by atoms with E-state index in [4.69, 9.17) is 4.28 Å². The van der Waals surface area contributed by atoms with Crippen molar-refractivity contribution in [1.82, 2.24) is 0 Å². The molecule has 0 fully saturated rings. The van der Waals surface area contributed by atoms with Gasteiger partial charge in [-0.2, -0.15) is 13.1 Å². The molecule has 0 N–H and O–H groups in total. The fourth-order valence-electron chi connectivity index (χ4n) is 1.79. The number of aryl methyl sites for hydroxylation is 1. The van der Waals surface area contributed by atoms with Gasteiger partial charge in [0.1, 0.15) is 19.6 Å². The van der Waals surface area contributed by atoms with Crippen molar-refractivity contribution < 1.29 is 17.3 Å². The molecule has 0 aliphatic heterocycles. The summed E-state index contributed by atoms with van der Waals surface area (Å²) < 4.78 is 29.9. The van der Waals surface area contributed by atoms with Crippen molar-refractivity contribution in [3.63, 3.8) is 0 Å². The number of rotatable bonds is 6. The van der Waals surface area contributed by atoms with Gasteiger partial charge in [-0.3, -0.25) is 0 Å². The minimum Gasteiger partial charge on any atom is -0.189 e. The Labute approximate surface area is 110 Å². The first-order valence-corrected chi connectivity index (χ1v) is 7.69. The molecule has 0 aliphatic rings. The van der Waals surface area contributed by atoms with Crippen LogP contribution in [0.4, 0.5) is 0 Å². The number of hydroxylamine groups is 3. The predicted octanol–water partition coefficient (Wildman–Crippen LogP) is 2.49. The molecular formula is C13H22NO3S+. The highest BCUT2D eigenvalue weighted by Gasteiger charge is 2.32. The molecule has 0 unspecified atom stereocenters. The summed E-state index contributed by atoms with van der Waals surface area (Å²) >= 11 is 0. The summed E-state index contributed by atoms with van der Waals surface area (Å²) in [5, 5.41) is 0. The van der Waals surface area contributed by atoms with Gasteiger partial charge < -0.3 is 0 Å². The van der Waals surface area contributed by atoms with E-state index in [2.05, 4.69) is 0 Å². The maximum atomic E-state index is 12.2. The standard InChI is InChI=1S/C13H22NO3S/c1-5-14(6-2,7-3)17-18(15,16)13-10-8-12(4)9-11-13/h8-11H,5-7H2,1-4H3/q+1. The smallest absolute Gasteiger partial charge is 0.189 e. The lowest BCUT2D eigenvalue weighted by molar-refractivity contribution is -1.08. The minimum absolute atomic E-state index is 0.121. The topological polar surface area (TPSA) is 43.4 Å². The highest BCUT2D eigenvalue weighted by Crippen LogP contribution is 2.19. The van der Waals surface area contributed by atoms with Crippen molar-refractivity contribution >= 4 is 10.1 Å². The lowest BCUT2D eigenvalue weighted by Crippen LogP contribution is -2.48. The molecule has 0 saturated carbocycles. The van der Waals surface area contributed by atoms with Gasteiger partial charge in [0, 0.05) is 0 Å². The third kappa shape index (κ3) is 3.31. The zero-order valence-corrected chi connectivity index (χ0v) is 12.3. The second-order valence-corrected chi connectivity index (χ2v) is 5.88. The van der Waals surface area contributed by atoms with Crippen LogP contribution in [0.15, 0.2) is 29.2 Å². The van der Waals surface area contributed by atoms with Gasteiger partial charge in [-0.1, -0.05) is 22.0 Å². The SMILES string of the molecule is CC[N+](CC)(CC)OS(=O)(=O)c1ccc(C)cc1. The molecule has 1 rings (SSSR count). The van der Waals surface area contributed by atoms with Gasteiger partial charge >= 0.3 is 10.1 Å². The summed E-state index contributed by atoms with van der Waals surface area (Å²) in [5.41, 5.74) is 1.02. The molecule has 0 amide bonds. The van der Waals surface area contributed by atoms with Crippen LogP contribution in [0, 0.1) is 6.92 Å². The van der Waals surface area contributed by atoms with Crippen molar-refractivity contribution in [1.29, 1.82) is 0 Å². The Morgan fingerprint density at radius 1 is 1.00 bits per heavy atom. The highest BCUT2D eigenvalue weighted by atomic mass is 32.2. The molecule has 0 saturated heterocycles. The fourth-order valence-corrected chi connectivity index (χ4v) is 3.07. The van der Waals surface area contributed by atoms with Crippen molar-refractivity contribution in [2.24, 2.45) is 0 Å². The van der Waals surface area contributed by atoms with Gasteiger partial charge in [0.25, 0.3) is 0 Å². The Hall–Kier alpha value is -0.910. The molecule has 5 heteroatoms. The van der Waals surface area contributed by atoms with Gasteiger partial charge in [0.05, 0.1) is 4.90 Å². The largest absolute Gasteiger partial charge is 0.342 e. The van der Waals surface area contributed by atoms with Crippen molar-refractivity contribution in [3.8, 4) is 0 Å². The van der Waals surface area contributed by atoms with Crippen LogP contribution in [-0.2, 0) is 14.4 Å². The minimum atomic E-state index is -3.70. The summed E-state index contributed by atoms with van der Waals surface area (Å²) in [6.45, 7) is 9.57. The molecule has 0 heterocycles. The molecule has 0 aromatic heterocycles. The molecule has 0 spiro atoms. The third-order valence-electron chi connectivity index (χ3n) is 3.29. The second-order valence-electron chi connectivity index (χ2n) is 4.35. The van der Waals surface area contributed by atoms with Crippen LogP contribution in [0.5, 0.6) is 0 Å². The van der Waals surface area contributed by atoms with Crippen LogP contribution in [0.25, 0.3) is 0 Å². The van der Waals surface area contributed by atoms with E-state index in [9.17, 15) is 8.42 Å². The molecule has 0 atom stereocenters. The number of nitrogens with zero attached hydrogens (tertiary/aromatic N) is 1. The number of hydrogen-bond acceptors (Lipinski definition) is 3. The first kappa shape index (κ1) is 15.1. The van der Waals surface area contributed by atoms with E-state index in [1.807, 2.05) is 27.7 Å². The average molecular weight is 272 g/mol. The van der Waals surface area contributed by atoms with E-state index < -0.39 is 10.1 Å². The van der Waals surface area contributed by atoms with Gasteiger partial charge in [-0.15, -0.1) is 0 Å². The van der Waals surface area contributed by atoms with Gasteiger partial charge in [-0.05, 0) is 39.8 Å². The molecule has 18 heavy (non-hydrogen) atoms. The predicted molar refractivity (Wildman–Crippen MR) is 71.3 cm³/mol. The van der Waals surface area contributed by atoms with Crippen LogP contribution in [0.2, 0.25) is 0 Å². The van der Waals surface area contributed by atoms with E-state index in [-0.39, 0.29) is 9.54 Å². The Bertz CT molecular complexity index is 467. The zero-order valence-electron chi connectivity index (χ0n) is 11.5. The maximum absolute atomic E-state index is 12.2. The Balaban J connectivity index is 3.04. The molecule has 102 valence electrons. The lowest BCUT2D eigenvalue weighted by Gasteiger charge is -2.30. The molecule has 0 bridgehead atoms. The zero-order chi connectivity index (χ0) is 13.8. The first-order valence-electron chi connectivity index (χ1n) is 6.28. The van der Waals surface area contributed by atoms with Crippen molar-refractivity contribution in [2.45, 2.75) is 32.6 Å². The van der Waals surface area contributed by atoms with E-state index in [0.29, 0.717) is 19.6 Å². The van der Waals surface area contributed by atoms with E-state index >= 15 is 0 Å². The number of benzene rings is 1. The maximum Gasteiger partial charge on any atom is 0.342 e. The molecule has 1 aromatic rings. The van der Waals surface area contributed by atoms with Crippen LogP contribution in [0.1, 0.15) is 26.3 Å². The van der Waals surface area contributed by atoms with Crippen LogP contribution < -0.4 is 0 Å². The van der Waals surface area contributed by atoms with Crippen molar-refractivity contribution in [3.05, 3.63) is 29.8 Å². The van der Waals surface area contributed by atoms with Crippen molar-refractivity contribution in [2.75, 3.05) is 19.6 Å². The lowest BCUT2D eigenvalue weighted by atomic mass is 10.2. The Morgan fingerprint density at radius 2 is 1.44 bits per heavy atom. The van der Waals surface area contributed by atoms with E-state index in [1.165, 1.54) is 0 Å². The van der Waals surface area contributed by atoms with Crippen LogP contribution in [0.3, 0.4) is 0 Å². The normalized spacial score (nSPS) is 12.7. The summed E-state index contributed by atoms with van der Waals surface area (Å²) in [4.78, 5) is 0.214. The molecule has 1 aromatic carbocycles. The summed E-state index contributed by atoms with van der Waals surface area (Å²) in [6.07, 6.45) is 0. The van der Waals surface area contributed by atoms with Crippen LogP contribution >= 0.6 is 0 Å². The Kier molecular flexibility index (Phi) is 4.90. The number of hydrogen-bond donors (Lipinski definition) is 0. The van der Waals surface area contributed by atoms with Gasteiger partial charge in [0.15, 0.2) is 0 Å². The first-order chi connectivity index (χ1) is 8.39. The summed E-state index contributed by atoms with van der Waals surface area (Å²) in [5.74, 6) is 0. The number of quaternary nitrogens is 1. The van der Waals surface area contributed by atoms with Gasteiger partial charge in [0.2, 0.25) is 0 Å². The molecule has 4 nitrogen and oxygen atoms in total. The third-order valence-corrected chi connectivity index (χ3v) is 4.66. The van der Waals surface area contributed by atoms with E-state index in [1.54, 1.807) is 24.3 Å². The summed E-state index contributed by atoms with van der Waals surface area (Å²) in [6, 6.07) is 6.71. The monoisotopic (exact) mass is 272 g/mol. The Morgan fingerprint density at radius 3 is 1.83 bits per heavy atom. The molecule has 0 aliphatic carbocycles. The van der Waals surface area contributed by atoms with Crippen LogP contribution in [-0.4, -0.2) is 32.7 Å². The second kappa shape index (κ2) is 5.82.